The maximum absolute atomic E-state index is 10.5. The Kier molecular flexibility index (Phi) is 1.98. The molecule has 1 rings (SSSR count). The van der Waals surface area contributed by atoms with Gasteiger partial charge in [-0.2, -0.15) is 8.42 Å². The van der Waals surface area contributed by atoms with Gasteiger partial charge in [0.2, 0.25) is 0 Å². The molecule has 0 bridgehead atoms. The molecule has 0 aliphatic heterocycles. The van der Waals surface area contributed by atoms with Crippen molar-refractivity contribution < 1.29 is 13.0 Å². The molecular formula is C5H11NO3S. The summed E-state index contributed by atoms with van der Waals surface area (Å²) >= 11 is 0. The van der Waals surface area contributed by atoms with Crippen molar-refractivity contribution in [2.45, 2.75) is 30.6 Å². The Morgan fingerprint density at radius 1 is 1.40 bits per heavy atom. The van der Waals surface area contributed by atoms with Gasteiger partial charge in [0.1, 0.15) is 5.25 Å². The van der Waals surface area contributed by atoms with Crippen LogP contribution in [0.25, 0.3) is 0 Å². The highest BCUT2D eigenvalue weighted by molar-refractivity contribution is 7.86. The smallest absolute Gasteiger partial charge is 0.269 e. The Morgan fingerprint density at radius 3 is 2.20 bits per heavy atom. The van der Waals surface area contributed by atoms with E-state index in [1.807, 2.05) is 0 Å². The maximum atomic E-state index is 10.5. The summed E-state index contributed by atoms with van der Waals surface area (Å²) in [5.74, 6) is 0. The van der Waals surface area contributed by atoms with Crippen molar-refractivity contribution >= 4 is 10.1 Å². The topological polar surface area (TPSA) is 80.4 Å². The second-order valence-corrected chi connectivity index (χ2v) is 4.28. The molecule has 0 amide bonds. The van der Waals surface area contributed by atoms with Crippen molar-refractivity contribution in [1.29, 1.82) is 0 Å². The van der Waals surface area contributed by atoms with Crippen LogP contribution in [0, 0.1) is 0 Å². The number of nitrogens with two attached hydrogens (primary N) is 1. The monoisotopic (exact) mass is 165 g/mol. The SMILES string of the molecule is NC1CCCC1S(=O)(=O)O. The number of hydrogen-bond donors (Lipinski definition) is 2. The largest absolute Gasteiger partial charge is 0.326 e. The third kappa shape index (κ3) is 1.47. The molecule has 1 aliphatic rings. The molecule has 60 valence electrons. The summed E-state index contributed by atoms with van der Waals surface area (Å²) in [7, 11) is -3.88. The molecule has 5 heteroatoms. The van der Waals surface area contributed by atoms with E-state index in [1.165, 1.54) is 0 Å². The summed E-state index contributed by atoms with van der Waals surface area (Å²) in [5, 5.41) is -0.715. The van der Waals surface area contributed by atoms with E-state index in [0.29, 0.717) is 12.8 Å². The Hall–Kier alpha value is -0.130. The van der Waals surface area contributed by atoms with E-state index in [1.54, 1.807) is 0 Å². The van der Waals surface area contributed by atoms with Gasteiger partial charge in [0.05, 0.1) is 0 Å². The molecule has 0 spiro atoms. The fourth-order valence-corrected chi connectivity index (χ4v) is 2.37. The molecule has 4 nitrogen and oxygen atoms in total. The average molecular weight is 165 g/mol. The first kappa shape index (κ1) is 7.97. The van der Waals surface area contributed by atoms with Crippen LogP contribution in [0.3, 0.4) is 0 Å². The predicted molar refractivity (Wildman–Crippen MR) is 37.2 cm³/mol. The first-order chi connectivity index (χ1) is 4.52. The van der Waals surface area contributed by atoms with E-state index in [0.717, 1.165) is 6.42 Å². The van der Waals surface area contributed by atoms with Crippen LogP contribution in [0.15, 0.2) is 0 Å². The van der Waals surface area contributed by atoms with E-state index >= 15 is 0 Å². The van der Waals surface area contributed by atoms with Crippen molar-refractivity contribution in [3.63, 3.8) is 0 Å². The highest BCUT2D eigenvalue weighted by Gasteiger charge is 2.33. The lowest BCUT2D eigenvalue weighted by atomic mass is 10.3. The van der Waals surface area contributed by atoms with Gasteiger partial charge in [0.15, 0.2) is 0 Å². The normalized spacial score (nSPS) is 34.6. The molecule has 0 aromatic heterocycles. The minimum Gasteiger partial charge on any atom is -0.326 e. The zero-order chi connectivity index (χ0) is 7.78. The second-order valence-electron chi connectivity index (χ2n) is 2.65. The minimum atomic E-state index is -3.88. The highest BCUT2D eigenvalue weighted by atomic mass is 32.2. The predicted octanol–water partition coefficient (Wildman–Crippen LogP) is -0.246. The van der Waals surface area contributed by atoms with Crippen LogP contribution >= 0.6 is 0 Å². The quantitative estimate of drug-likeness (QED) is 0.525. The summed E-state index contributed by atoms with van der Waals surface area (Å²) in [4.78, 5) is 0. The van der Waals surface area contributed by atoms with Crippen molar-refractivity contribution in [1.82, 2.24) is 0 Å². The molecule has 2 atom stereocenters. The van der Waals surface area contributed by atoms with Gasteiger partial charge in [0, 0.05) is 6.04 Å². The Morgan fingerprint density at radius 2 is 2.00 bits per heavy atom. The van der Waals surface area contributed by atoms with E-state index < -0.39 is 15.4 Å². The van der Waals surface area contributed by atoms with Gasteiger partial charge in [-0.1, -0.05) is 6.42 Å². The van der Waals surface area contributed by atoms with Crippen molar-refractivity contribution in [3.8, 4) is 0 Å². The molecule has 10 heavy (non-hydrogen) atoms. The first-order valence-corrected chi connectivity index (χ1v) is 4.74. The fourth-order valence-electron chi connectivity index (χ4n) is 1.32. The van der Waals surface area contributed by atoms with Gasteiger partial charge < -0.3 is 5.73 Å². The third-order valence-electron chi connectivity index (χ3n) is 1.89. The molecule has 0 aromatic rings. The molecular weight excluding hydrogens is 154 g/mol. The van der Waals surface area contributed by atoms with Gasteiger partial charge in [0.25, 0.3) is 10.1 Å². The van der Waals surface area contributed by atoms with E-state index in [2.05, 4.69) is 0 Å². The molecule has 0 heterocycles. The van der Waals surface area contributed by atoms with Crippen LogP contribution in [-0.4, -0.2) is 24.3 Å². The summed E-state index contributed by atoms with van der Waals surface area (Å²) in [6, 6.07) is -0.366. The third-order valence-corrected chi connectivity index (χ3v) is 3.24. The van der Waals surface area contributed by atoms with Crippen LogP contribution in [-0.2, 0) is 10.1 Å². The fraction of sp³-hybridized carbons (Fsp3) is 1.00. The second kappa shape index (κ2) is 2.48. The summed E-state index contributed by atoms with van der Waals surface area (Å²) in [6.45, 7) is 0. The minimum absolute atomic E-state index is 0.366. The van der Waals surface area contributed by atoms with Crippen molar-refractivity contribution in [3.05, 3.63) is 0 Å². The van der Waals surface area contributed by atoms with E-state index in [4.69, 9.17) is 10.3 Å². The molecule has 0 radical (unpaired) electrons. The van der Waals surface area contributed by atoms with Crippen LogP contribution in [0.4, 0.5) is 0 Å². The molecule has 2 unspecified atom stereocenters. The molecule has 0 aromatic carbocycles. The maximum Gasteiger partial charge on any atom is 0.269 e. The van der Waals surface area contributed by atoms with Gasteiger partial charge in [-0.25, -0.2) is 0 Å². The van der Waals surface area contributed by atoms with Crippen molar-refractivity contribution in [2.75, 3.05) is 0 Å². The van der Waals surface area contributed by atoms with Gasteiger partial charge >= 0.3 is 0 Å². The van der Waals surface area contributed by atoms with Crippen molar-refractivity contribution in [2.24, 2.45) is 5.73 Å². The average Bonchev–Trinajstić information content (AvgIpc) is 2.11. The number of rotatable bonds is 1. The molecule has 3 N–H and O–H groups in total. The highest BCUT2D eigenvalue weighted by Crippen LogP contribution is 2.22. The lowest BCUT2D eigenvalue weighted by Crippen LogP contribution is -2.35. The molecule has 1 aliphatic carbocycles. The van der Waals surface area contributed by atoms with Crippen LogP contribution in [0.1, 0.15) is 19.3 Å². The summed E-state index contributed by atoms with van der Waals surface area (Å²) < 4.78 is 29.6. The van der Waals surface area contributed by atoms with E-state index in [9.17, 15) is 8.42 Å². The van der Waals surface area contributed by atoms with Crippen LogP contribution < -0.4 is 5.73 Å². The standard InChI is InChI=1S/C5H11NO3S/c6-4-2-1-3-5(4)10(7,8)9/h4-5H,1-3,6H2,(H,7,8,9). The lowest BCUT2D eigenvalue weighted by Gasteiger charge is -2.10. The lowest BCUT2D eigenvalue weighted by molar-refractivity contribution is 0.460. The van der Waals surface area contributed by atoms with Gasteiger partial charge in [-0.05, 0) is 12.8 Å². The van der Waals surface area contributed by atoms with Gasteiger partial charge in [-0.15, -0.1) is 0 Å². The Labute approximate surface area is 60.2 Å². The Balaban J connectivity index is 2.74. The zero-order valence-electron chi connectivity index (χ0n) is 5.53. The molecule has 0 saturated heterocycles. The van der Waals surface area contributed by atoms with Crippen LogP contribution in [0.5, 0.6) is 0 Å². The number of hydrogen-bond acceptors (Lipinski definition) is 3. The van der Waals surface area contributed by atoms with Crippen LogP contribution in [0.2, 0.25) is 0 Å². The Bertz CT molecular complexity index is 211. The molecule has 1 fully saturated rings. The summed E-state index contributed by atoms with van der Waals surface area (Å²) in [5.41, 5.74) is 5.43. The zero-order valence-corrected chi connectivity index (χ0v) is 6.34. The van der Waals surface area contributed by atoms with Gasteiger partial charge in [-0.3, -0.25) is 4.55 Å². The van der Waals surface area contributed by atoms with E-state index in [-0.39, 0.29) is 6.04 Å². The molecule has 1 saturated carbocycles. The first-order valence-electron chi connectivity index (χ1n) is 3.23. The summed E-state index contributed by atoms with van der Waals surface area (Å²) in [6.07, 6.45) is 2.00.